The number of quaternary nitrogens is 1. The summed E-state index contributed by atoms with van der Waals surface area (Å²) in [7, 11) is 0. The molecule has 262 valence electrons. The first-order chi connectivity index (χ1) is 27.8. The Morgan fingerprint density at radius 2 is 1.18 bits per heavy atom. The van der Waals surface area contributed by atoms with E-state index >= 15 is 0 Å². The summed E-state index contributed by atoms with van der Waals surface area (Å²) < 4.78 is 4.73. The van der Waals surface area contributed by atoms with Gasteiger partial charge in [0.2, 0.25) is 5.82 Å². The van der Waals surface area contributed by atoms with E-state index in [2.05, 4.69) is 191 Å². The molecule has 6 aromatic carbocycles. The Balaban J connectivity index is 1.00. The Hall–Kier alpha value is -7.34. The summed E-state index contributed by atoms with van der Waals surface area (Å²) in [6.07, 6.45) is 10.2. The van der Waals surface area contributed by atoms with E-state index in [1.807, 2.05) is 18.5 Å². The van der Waals surface area contributed by atoms with E-state index < -0.39 is 5.41 Å². The van der Waals surface area contributed by atoms with Crippen molar-refractivity contribution >= 4 is 44.7 Å². The Kier molecular flexibility index (Phi) is 6.56. The molecule has 56 heavy (non-hydrogen) atoms. The van der Waals surface area contributed by atoms with Crippen molar-refractivity contribution in [2.45, 2.75) is 5.41 Å². The molecule has 1 aliphatic carbocycles. The number of rotatable bonds is 5. The molecule has 0 bridgehead atoms. The number of hydrogen-bond acceptors (Lipinski definition) is 2. The maximum absolute atomic E-state index is 4.73. The standard InChI is InChI=1S/C51H33N5/c1-3-10-35(11-4-1)51(36-12-5-2-6-13-36)42-28-30-52-32-41(42)47-43(51)25-26-45-48(47)39-14-7-8-15-44(39)55(45)37-21-17-33(18-22-37)34-19-23-38(24-20-34)56-46-16-9-29-53-49(46)40-27-31-54-50(40)56/h1-32,54H/p+1. The Bertz CT molecular complexity index is 3150. The summed E-state index contributed by atoms with van der Waals surface area (Å²) >= 11 is 0. The third-order valence-electron chi connectivity index (χ3n) is 12.1. The first-order valence-electron chi connectivity index (χ1n) is 19.2. The molecule has 2 aliphatic rings. The van der Waals surface area contributed by atoms with Crippen LogP contribution in [0.15, 0.2) is 189 Å². The van der Waals surface area contributed by atoms with Gasteiger partial charge in [-0.05, 0) is 93.5 Å². The second-order valence-corrected chi connectivity index (χ2v) is 14.8. The van der Waals surface area contributed by atoms with Crippen molar-refractivity contribution in [3.63, 3.8) is 0 Å². The molecule has 5 heterocycles. The van der Waals surface area contributed by atoms with Gasteiger partial charge in [-0.25, -0.2) is 0 Å². The van der Waals surface area contributed by atoms with Gasteiger partial charge in [0.25, 0.3) is 0 Å². The third-order valence-corrected chi connectivity index (χ3v) is 12.1. The van der Waals surface area contributed by atoms with E-state index in [1.54, 1.807) is 0 Å². The number of hydrogen-bond donors (Lipinski definition) is 1. The van der Waals surface area contributed by atoms with Crippen molar-refractivity contribution in [1.29, 1.82) is 0 Å². The Labute approximate surface area is 323 Å². The van der Waals surface area contributed by atoms with Crippen LogP contribution in [0.3, 0.4) is 0 Å². The predicted octanol–water partition coefficient (Wildman–Crippen LogP) is 10.7. The molecule has 0 saturated carbocycles. The number of para-hydroxylation sites is 1. The molecule has 5 nitrogen and oxygen atoms in total. The van der Waals surface area contributed by atoms with Crippen LogP contribution in [0.1, 0.15) is 27.8 Å². The van der Waals surface area contributed by atoms with Crippen LogP contribution in [0, 0.1) is 0 Å². The number of nitrogens with zero attached hydrogens (tertiary/aromatic N) is 4. The number of benzene rings is 6. The van der Waals surface area contributed by atoms with E-state index in [4.69, 9.17) is 9.97 Å². The topological polar surface area (TPSA) is 52.2 Å². The predicted molar refractivity (Wildman–Crippen MR) is 227 cm³/mol. The number of aromatic nitrogens is 4. The molecule has 4 aromatic heterocycles. The molecule has 0 amide bonds. The highest BCUT2D eigenvalue weighted by Crippen LogP contribution is 2.58. The molecule has 1 aliphatic heterocycles. The molecular formula is C51H34N5+. The zero-order valence-corrected chi connectivity index (χ0v) is 30.3. The van der Waals surface area contributed by atoms with Crippen LogP contribution < -0.4 is 5.32 Å². The van der Waals surface area contributed by atoms with Gasteiger partial charge in [0, 0.05) is 46.7 Å². The molecule has 10 aromatic rings. The molecule has 0 unspecified atom stereocenters. The third kappa shape index (κ3) is 4.17. The summed E-state index contributed by atoms with van der Waals surface area (Å²) in [5, 5.41) is 4.66. The van der Waals surface area contributed by atoms with Crippen molar-refractivity contribution in [2.75, 3.05) is 0 Å². The first-order valence-corrected chi connectivity index (χ1v) is 19.2. The van der Waals surface area contributed by atoms with E-state index in [9.17, 15) is 0 Å². The lowest BCUT2D eigenvalue weighted by molar-refractivity contribution is -0.496. The van der Waals surface area contributed by atoms with Crippen LogP contribution >= 0.6 is 0 Å². The average Bonchev–Trinajstić information content (AvgIpc) is 4.03. The minimum Gasteiger partial charge on any atom is -0.309 e. The van der Waals surface area contributed by atoms with Gasteiger partial charge in [-0.15, -0.1) is 0 Å². The quantitative estimate of drug-likeness (QED) is 0.193. The van der Waals surface area contributed by atoms with Gasteiger partial charge in [-0.3, -0.25) is 19.9 Å². The smallest absolute Gasteiger partial charge is 0.224 e. The lowest BCUT2D eigenvalue weighted by Crippen LogP contribution is -2.70. The Morgan fingerprint density at radius 1 is 0.518 bits per heavy atom. The maximum atomic E-state index is 4.73. The van der Waals surface area contributed by atoms with Crippen molar-refractivity contribution in [3.8, 4) is 33.6 Å². The van der Waals surface area contributed by atoms with Crippen molar-refractivity contribution in [3.05, 3.63) is 216 Å². The van der Waals surface area contributed by atoms with Gasteiger partial charge in [-0.1, -0.05) is 109 Å². The zero-order chi connectivity index (χ0) is 36.8. The van der Waals surface area contributed by atoms with E-state index in [1.165, 1.54) is 77.7 Å². The lowest BCUT2D eigenvalue weighted by Gasteiger charge is -2.33. The minimum atomic E-state index is -0.481. The number of fused-ring (bicyclic) bond motifs is 10. The maximum Gasteiger partial charge on any atom is 0.224 e. The Morgan fingerprint density at radius 3 is 1.91 bits per heavy atom. The largest absolute Gasteiger partial charge is 0.309 e. The SMILES string of the molecule is C1=Cc2c(n(-c3ccc(-c4ccc(-n5c6ccccc6c6c7c(ccc65)C(c5ccccc5)(c5ccccc5)c5ccncc5-7)cc4)cc3)c3cccnc23)[NH2+]1. The zero-order valence-electron chi connectivity index (χ0n) is 30.3. The second-order valence-electron chi connectivity index (χ2n) is 14.8. The molecule has 0 spiro atoms. The van der Waals surface area contributed by atoms with Crippen LogP contribution in [0.25, 0.3) is 72.5 Å². The summed E-state index contributed by atoms with van der Waals surface area (Å²) in [5.41, 5.74) is 17.3. The van der Waals surface area contributed by atoms with Gasteiger partial charge < -0.3 is 4.57 Å². The number of pyridine rings is 2. The van der Waals surface area contributed by atoms with Crippen molar-refractivity contribution in [1.82, 2.24) is 19.1 Å². The van der Waals surface area contributed by atoms with Crippen LogP contribution in [-0.2, 0) is 5.41 Å². The van der Waals surface area contributed by atoms with Gasteiger partial charge in [0.15, 0.2) is 0 Å². The second kappa shape index (κ2) is 11.8. The molecule has 0 radical (unpaired) electrons. The summed E-state index contributed by atoms with van der Waals surface area (Å²) in [5.74, 6) is 1.18. The molecule has 2 N–H and O–H groups in total. The van der Waals surface area contributed by atoms with Crippen LogP contribution in [0.2, 0.25) is 0 Å². The van der Waals surface area contributed by atoms with Crippen LogP contribution in [-0.4, -0.2) is 19.1 Å². The highest BCUT2D eigenvalue weighted by molar-refractivity contribution is 6.18. The summed E-state index contributed by atoms with van der Waals surface area (Å²) in [6, 6.07) is 59.8. The van der Waals surface area contributed by atoms with E-state index in [0.717, 1.165) is 22.4 Å². The molecule has 5 heteroatoms. The molecule has 0 atom stereocenters. The fraction of sp³-hybridized carbons (Fsp3) is 0.0196. The average molecular weight is 717 g/mol. The monoisotopic (exact) mass is 716 g/mol. The molecule has 0 fully saturated rings. The fourth-order valence-corrected chi connectivity index (χ4v) is 9.77. The van der Waals surface area contributed by atoms with Gasteiger partial charge in [0.1, 0.15) is 5.52 Å². The highest BCUT2D eigenvalue weighted by atomic mass is 15.1. The van der Waals surface area contributed by atoms with Crippen LogP contribution in [0.5, 0.6) is 0 Å². The molecule has 0 saturated heterocycles. The molecule has 12 rings (SSSR count). The normalized spacial score (nSPS) is 13.7. The number of nitrogens with two attached hydrogens (primary N) is 1. The van der Waals surface area contributed by atoms with E-state index in [0.29, 0.717) is 0 Å². The fourth-order valence-electron chi connectivity index (χ4n) is 9.77. The van der Waals surface area contributed by atoms with Gasteiger partial charge >= 0.3 is 0 Å². The summed E-state index contributed by atoms with van der Waals surface area (Å²) in [6.45, 7) is 0. The van der Waals surface area contributed by atoms with Gasteiger partial charge in [-0.2, -0.15) is 0 Å². The van der Waals surface area contributed by atoms with Crippen molar-refractivity contribution < 1.29 is 5.32 Å². The first kappa shape index (κ1) is 31.1. The summed E-state index contributed by atoms with van der Waals surface area (Å²) in [4.78, 5) is 9.42. The van der Waals surface area contributed by atoms with E-state index in [-0.39, 0.29) is 0 Å². The highest BCUT2D eigenvalue weighted by Gasteiger charge is 2.47. The molecular weight excluding hydrogens is 683 g/mol. The lowest BCUT2D eigenvalue weighted by atomic mass is 9.68. The van der Waals surface area contributed by atoms with Crippen molar-refractivity contribution in [2.24, 2.45) is 0 Å². The van der Waals surface area contributed by atoms with Crippen LogP contribution in [0.4, 0.5) is 5.82 Å². The van der Waals surface area contributed by atoms with Gasteiger partial charge in [0.05, 0.1) is 39.4 Å². The minimum absolute atomic E-state index is 0.481.